The van der Waals surface area contributed by atoms with Gasteiger partial charge in [-0.2, -0.15) is 0 Å². The molecule has 1 N–H and O–H groups in total. The molecule has 4 nitrogen and oxygen atoms in total. The van der Waals surface area contributed by atoms with Crippen LogP contribution in [0, 0.1) is 5.41 Å². The monoisotopic (exact) mass is 426 g/mol. The van der Waals surface area contributed by atoms with Gasteiger partial charge in [-0.15, -0.1) is 11.8 Å². The Bertz CT molecular complexity index is 902. The van der Waals surface area contributed by atoms with Crippen molar-refractivity contribution in [2.45, 2.75) is 63.7 Å². The number of carboxylic acids is 1. The molecule has 0 saturated heterocycles. The lowest BCUT2D eigenvalue weighted by atomic mass is 9.87. The Morgan fingerprint density at radius 3 is 2.37 bits per heavy atom. The fourth-order valence-electron chi connectivity index (χ4n) is 3.63. The number of ether oxygens (including phenoxy) is 1. The first-order valence-corrected chi connectivity index (χ1v) is 11.6. The van der Waals surface area contributed by atoms with Gasteiger partial charge < -0.3 is 9.84 Å². The number of fused-ring (bicyclic) bond motifs is 1. The molecule has 0 spiro atoms. The van der Waals surface area contributed by atoms with E-state index in [0.29, 0.717) is 17.9 Å². The molecule has 0 fully saturated rings. The van der Waals surface area contributed by atoms with E-state index in [1.165, 1.54) is 35.7 Å². The number of benzene rings is 2. The highest BCUT2D eigenvalue weighted by atomic mass is 32.2. The molecule has 0 bridgehead atoms. The van der Waals surface area contributed by atoms with Crippen molar-refractivity contribution in [2.75, 3.05) is 5.75 Å². The molecule has 0 radical (unpaired) electrons. The fourth-order valence-corrected chi connectivity index (χ4v) is 4.60. The molecule has 1 atom stereocenters. The van der Waals surface area contributed by atoms with Gasteiger partial charge >= 0.3 is 11.9 Å². The number of aliphatic carboxylic acids is 1. The molecule has 0 heterocycles. The maximum atomic E-state index is 12.8. The number of hydrogen-bond acceptors (Lipinski definition) is 4. The zero-order valence-electron chi connectivity index (χ0n) is 17.9. The second-order valence-corrected chi connectivity index (χ2v) is 9.62. The highest BCUT2D eigenvalue weighted by Crippen LogP contribution is 2.31. The van der Waals surface area contributed by atoms with Gasteiger partial charge in [-0.3, -0.25) is 9.59 Å². The molecule has 160 valence electrons. The average Bonchev–Trinajstić information content (AvgIpc) is 2.73. The van der Waals surface area contributed by atoms with Crippen molar-refractivity contribution >= 4 is 23.7 Å². The molecule has 1 unspecified atom stereocenters. The van der Waals surface area contributed by atoms with E-state index in [1.54, 1.807) is 26.0 Å². The summed E-state index contributed by atoms with van der Waals surface area (Å²) in [6.07, 6.45) is 5.37. The summed E-state index contributed by atoms with van der Waals surface area (Å²) >= 11 is 1.48. The van der Waals surface area contributed by atoms with Crippen molar-refractivity contribution in [2.24, 2.45) is 5.41 Å². The van der Waals surface area contributed by atoms with Gasteiger partial charge in [0.05, 0.1) is 11.3 Å². The van der Waals surface area contributed by atoms with E-state index in [4.69, 9.17) is 4.74 Å². The van der Waals surface area contributed by atoms with Gasteiger partial charge in [0, 0.05) is 10.6 Å². The van der Waals surface area contributed by atoms with Crippen LogP contribution in [-0.4, -0.2) is 22.8 Å². The Kier molecular flexibility index (Phi) is 7.24. The first-order valence-electron chi connectivity index (χ1n) is 10.6. The van der Waals surface area contributed by atoms with Crippen molar-refractivity contribution in [3.8, 4) is 5.75 Å². The Morgan fingerprint density at radius 1 is 1.07 bits per heavy atom. The largest absolute Gasteiger partial charge is 0.481 e. The molecule has 3 rings (SSSR count). The van der Waals surface area contributed by atoms with E-state index in [2.05, 4.69) is 18.2 Å². The number of thioether (sulfide) groups is 1. The van der Waals surface area contributed by atoms with Crippen molar-refractivity contribution in [3.05, 3.63) is 59.2 Å². The quantitative estimate of drug-likeness (QED) is 0.325. The van der Waals surface area contributed by atoms with E-state index in [1.807, 2.05) is 19.1 Å². The molecule has 2 aromatic rings. The molecule has 0 saturated carbocycles. The van der Waals surface area contributed by atoms with Crippen LogP contribution in [0.3, 0.4) is 0 Å². The van der Waals surface area contributed by atoms with Crippen LogP contribution in [0.1, 0.15) is 62.6 Å². The molecule has 5 heteroatoms. The van der Waals surface area contributed by atoms with Gasteiger partial charge in [0.15, 0.2) is 0 Å². The second-order valence-electron chi connectivity index (χ2n) is 8.57. The Labute approximate surface area is 183 Å². The van der Waals surface area contributed by atoms with E-state index in [0.717, 1.165) is 23.3 Å². The number of aryl methyl sites for hydroxylation is 2. The van der Waals surface area contributed by atoms with Crippen LogP contribution < -0.4 is 4.74 Å². The van der Waals surface area contributed by atoms with Crippen LogP contribution in [-0.2, 0) is 22.4 Å². The number of rotatable bonds is 8. The molecule has 30 heavy (non-hydrogen) atoms. The standard InChI is InChI=1S/C25H30O4S/c1-4-22(19-10-9-17-7-5-6-8-18(17)15-19)23(26)29-20-11-13-21(14-12-20)30-16-25(2,3)24(27)28/h9-15,22H,4-8,16H2,1-3H3,(H,27,28). The molecular formula is C25H30O4S. The van der Waals surface area contributed by atoms with Crippen LogP contribution in [0.4, 0.5) is 0 Å². The van der Waals surface area contributed by atoms with Crippen LogP contribution in [0.15, 0.2) is 47.4 Å². The van der Waals surface area contributed by atoms with Crippen LogP contribution in [0.2, 0.25) is 0 Å². The smallest absolute Gasteiger partial charge is 0.318 e. The summed E-state index contributed by atoms with van der Waals surface area (Å²) < 4.78 is 5.66. The lowest BCUT2D eigenvalue weighted by molar-refractivity contribution is -0.145. The fraction of sp³-hybridized carbons (Fsp3) is 0.440. The Hall–Kier alpha value is -2.27. The number of esters is 1. The third-order valence-electron chi connectivity index (χ3n) is 5.69. The van der Waals surface area contributed by atoms with Gasteiger partial charge in [0.1, 0.15) is 5.75 Å². The average molecular weight is 427 g/mol. The topological polar surface area (TPSA) is 63.6 Å². The molecule has 0 amide bonds. The van der Waals surface area contributed by atoms with E-state index < -0.39 is 11.4 Å². The van der Waals surface area contributed by atoms with Crippen molar-refractivity contribution in [3.63, 3.8) is 0 Å². The predicted molar refractivity (Wildman–Crippen MR) is 120 cm³/mol. The van der Waals surface area contributed by atoms with E-state index in [-0.39, 0.29) is 11.9 Å². The molecule has 0 aromatic heterocycles. The van der Waals surface area contributed by atoms with Crippen molar-refractivity contribution in [1.29, 1.82) is 0 Å². The third-order valence-corrected chi connectivity index (χ3v) is 7.16. The van der Waals surface area contributed by atoms with Gasteiger partial charge in [0.25, 0.3) is 0 Å². The highest BCUT2D eigenvalue weighted by molar-refractivity contribution is 7.99. The number of carbonyl (C=O) groups is 2. The van der Waals surface area contributed by atoms with Gasteiger partial charge in [-0.1, -0.05) is 25.1 Å². The third kappa shape index (κ3) is 5.45. The lowest BCUT2D eigenvalue weighted by Crippen LogP contribution is -2.26. The number of carboxylic acid groups (broad SMARTS) is 1. The van der Waals surface area contributed by atoms with Crippen molar-refractivity contribution < 1.29 is 19.4 Å². The first kappa shape index (κ1) is 22.4. The van der Waals surface area contributed by atoms with Gasteiger partial charge in [0.2, 0.25) is 0 Å². The molecule has 2 aromatic carbocycles. The maximum Gasteiger partial charge on any atom is 0.318 e. The highest BCUT2D eigenvalue weighted by Gasteiger charge is 2.27. The normalized spacial score (nSPS) is 14.6. The van der Waals surface area contributed by atoms with Crippen LogP contribution >= 0.6 is 11.8 Å². The van der Waals surface area contributed by atoms with Gasteiger partial charge in [-0.05, 0) is 86.9 Å². The van der Waals surface area contributed by atoms with Gasteiger partial charge in [-0.25, -0.2) is 0 Å². The predicted octanol–water partition coefficient (Wildman–Crippen LogP) is 5.87. The minimum Gasteiger partial charge on any atom is -0.481 e. The lowest BCUT2D eigenvalue weighted by Gasteiger charge is -2.20. The number of hydrogen-bond donors (Lipinski definition) is 1. The molecule has 1 aliphatic rings. The Balaban J connectivity index is 1.63. The second kappa shape index (κ2) is 9.69. The minimum absolute atomic E-state index is 0.235. The molecule has 1 aliphatic carbocycles. The summed E-state index contributed by atoms with van der Waals surface area (Å²) in [6.45, 7) is 5.43. The summed E-state index contributed by atoms with van der Waals surface area (Å²) in [7, 11) is 0. The summed E-state index contributed by atoms with van der Waals surface area (Å²) in [5.41, 5.74) is 3.02. The summed E-state index contributed by atoms with van der Waals surface area (Å²) in [5, 5.41) is 9.23. The molecule has 0 aliphatic heterocycles. The Morgan fingerprint density at radius 2 is 1.73 bits per heavy atom. The van der Waals surface area contributed by atoms with E-state index >= 15 is 0 Å². The summed E-state index contributed by atoms with van der Waals surface area (Å²) in [6, 6.07) is 13.7. The van der Waals surface area contributed by atoms with E-state index in [9.17, 15) is 14.7 Å². The first-order chi connectivity index (χ1) is 14.3. The summed E-state index contributed by atoms with van der Waals surface area (Å²) in [5.74, 6) is -0.340. The summed E-state index contributed by atoms with van der Waals surface area (Å²) in [4.78, 5) is 25.0. The maximum absolute atomic E-state index is 12.8. The SMILES string of the molecule is CCC(C(=O)Oc1ccc(SCC(C)(C)C(=O)O)cc1)c1ccc2c(c1)CCCC2. The minimum atomic E-state index is -0.812. The zero-order chi connectivity index (χ0) is 21.7. The van der Waals surface area contributed by atoms with Crippen molar-refractivity contribution in [1.82, 2.24) is 0 Å². The zero-order valence-corrected chi connectivity index (χ0v) is 18.8. The van der Waals surface area contributed by atoms with Crippen LogP contribution in [0.5, 0.6) is 5.75 Å². The molecular weight excluding hydrogens is 396 g/mol. The van der Waals surface area contributed by atoms with Crippen LogP contribution in [0.25, 0.3) is 0 Å². The number of carbonyl (C=O) groups excluding carboxylic acids is 1.